The van der Waals surface area contributed by atoms with Crippen LogP contribution in [0.1, 0.15) is 16.7 Å². The van der Waals surface area contributed by atoms with Gasteiger partial charge in [0.05, 0.1) is 12.8 Å². The minimum Gasteiger partial charge on any atom is -0.493 e. The first-order valence-electron chi connectivity index (χ1n) is 11.3. The van der Waals surface area contributed by atoms with Crippen LogP contribution in [0.25, 0.3) is 6.08 Å². The van der Waals surface area contributed by atoms with Gasteiger partial charge in [-0.1, -0.05) is 41.5 Å². The summed E-state index contributed by atoms with van der Waals surface area (Å²) in [6.07, 6.45) is 1.41. The summed E-state index contributed by atoms with van der Waals surface area (Å²) in [5, 5.41) is 2.22. The number of imide groups is 2. The van der Waals surface area contributed by atoms with Crippen LogP contribution in [-0.2, 0) is 9.59 Å². The predicted molar refractivity (Wildman–Crippen MR) is 135 cm³/mol. The number of aryl methyl sites for hydroxylation is 2. The van der Waals surface area contributed by atoms with Crippen molar-refractivity contribution in [2.75, 3.05) is 25.2 Å². The van der Waals surface area contributed by atoms with Gasteiger partial charge in [0, 0.05) is 0 Å². The van der Waals surface area contributed by atoms with Crippen LogP contribution in [0.15, 0.2) is 72.3 Å². The summed E-state index contributed by atoms with van der Waals surface area (Å²) < 4.78 is 16.9. The summed E-state index contributed by atoms with van der Waals surface area (Å²) in [6.45, 7) is 4.54. The van der Waals surface area contributed by atoms with Crippen LogP contribution in [0.4, 0.5) is 10.5 Å². The second kappa shape index (κ2) is 10.8. The van der Waals surface area contributed by atoms with Gasteiger partial charge in [-0.2, -0.15) is 0 Å². The summed E-state index contributed by atoms with van der Waals surface area (Å²) in [5.41, 5.74) is 2.87. The Balaban J connectivity index is 1.47. The molecular weight excluding hydrogens is 460 g/mol. The maximum absolute atomic E-state index is 13.1. The van der Waals surface area contributed by atoms with E-state index in [-0.39, 0.29) is 5.57 Å². The highest BCUT2D eigenvalue weighted by molar-refractivity contribution is 6.39. The van der Waals surface area contributed by atoms with Crippen molar-refractivity contribution in [3.05, 3.63) is 89.0 Å². The Bertz CT molecular complexity index is 1310. The third kappa shape index (κ3) is 5.55. The summed E-state index contributed by atoms with van der Waals surface area (Å²) >= 11 is 0. The van der Waals surface area contributed by atoms with Gasteiger partial charge in [0.25, 0.3) is 11.8 Å². The minimum atomic E-state index is -0.791. The molecule has 4 amide bonds. The Labute approximate surface area is 209 Å². The van der Waals surface area contributed by atoms with E-state index in [0.717, 1.165) is 21.8 Å². The molecule has 8 nitrogen and oxygen atoms in total. The molecular formula is C28H26N2O6. The van der Waals surface area contributed by atoms with E-state index >= 15 is 0 Å². The Kier molecular flexibility index (Phi) is 7.34. The number of rotatable bonds is 8. The summed E-state index contributed by atoms with van der Waals surface area (Å²) in [6, 6.07) is 18.8. The lowest BCUT2D eigenvalue weighted by Gasteiger charge is -2.26. The highest BCUT2D eigenvalue weighted by atomic mass is 16.5. The van der Waals surface area contributed by atoms with Crippen LogP contribution in [-0.4, -0.2) is 38.2 Å². The fraction of sp³-hybridized carbons (Fsp3) is 0.179. The second-order valence-electron chi connectivity index (χ2n) is 8.21. The molecule has 4 rings (SSSR count). The average Bonchev–Trinajstić information content (AvgIpc) is 2.87. The standard InChI is InChI=1S/C28H26N2O6/c1-18-4-9-21(10-5-18)30-27(32)23(26(31)29-28(30)33)16-20-8-13-24(25(17-20)34-3)36-15-14-35-22-11-6-19(2)7-12-22/h4-13,16-17H,14-15H2,1-3H3,(H,29,31,33)/b23-16+. The molecule has 184 valence electrons. The van der Waals surface area contributed by atoms with Crippen LogP contribution in [0, 0.1) is 13.8 Å². The van der Waals surface area contributed by atoms with Crippen LogP contribution < -0.4 is 24.4 Å². The monoisotopic (exact) mass is 486 g/mol. The molecule has 36 heavy (non-hydrogen) atoms. The molecule has 8 heteroatoms. The quantitative estimate of drug-likeness (QED) is 0.288. The molecule has 1 saturated heterocycles. The molecule has 3 aromatic rings. The zero-order valence-electron chi connectivity index (χ0n) is 20.2. The molecule has 1 heterocycles. The molecule has 0 saturated carbocycles. The molecule has 1 aliphatic heterocycles. The van der Waals surface area contributed by atoms with E-state index in [4.69, 9.17) is 14.2 Å². The summed E-state index contributed by atoms with van der Waals surface area (Å²) in [5.74, 6) is 0.200. The lowest BCUT2D eigenvalue weighted by molar-refractivity contribution is -0.122. The normalized spacial score (nSPS) is 14.6. The van der Waals surface area contributed by atoms with Crippen molar-refractivity contribution in [1.29, 1.82) is 0 Å². The number of ether oxygens (including phenoxy) is 3. The lowest BCUT2D eigenvalue weighted by Crippen LogP contribution is -2.54. The van der Waals surface area contributed by atoms with Gasteiger partial charge in [0.1, 0.15) is 24.5 Å². The number of hydrogen-bond acceptors (Lipinski definition) is 6. The van der Waals surface area contributed by atoms with Gasteiger partial charge in [-0.05, 0) is 61.9 Å². The zero-order chi connectivity index (χ0) is 25.7. The minimum absolute atomic E-state index is 0.169. The number of urea groups is 1. The number of nitrogens with one attached hydrogen (secondary N) is 1. The molecule has 0 bridgehead atoms. The van der Waals surface area contributed by atoms with Crippen molar-refractivity contribution in [2.24, 2.45) is 0 Å². The van der Waals surface area contributed by atoms with Crippen LogP contribution >= 0.6 is 0 Å². The van der Waals surface area contributed by atoms with Crippen molar-refractivity contribution >= 4 is 29.6 Å². The predicted octanol–water partition coefficient (Wildman–Crippen LogP) is 4.44. The maximum atomic E-state index is 13.1. The van der Waals surface area contributed by atoms with Gasteiger partial charge in [-0.25, -0.2) is 9.69 Å². The highest BCUT2D eigenvalue weighted by Gasteiger charge is 2.36. The second-order valence-corrected chi connectivity index (χ2v) is 8.21. The fourth-order valence-corrected chi connectivity index (χ4v) is 3.59. The number of amides is 4. The molecule has 1 N–H and O–H groups in total. The highest BCUT2D eigenvalue weighted by Crippen LogP contribution is 2.30. The van der Waals surface area contributed by atoms with Gasteiger partial charge in [-0.15, -0.1) is 0 Å². The molecule has 0 aromatic heterocycles. The molecule has 0 radical (unpaired) electrons. The van der Waals surface area contributed by atoms with E-state index in [9.17, 15) is 14.4 Å². The van der Waals surface area contributed by atoms with Crippen molar-refractivity contribution in [3.63, 3.8) is 0 Å². The van der Waals surface area contributed by atoms with Gasteiger partial charge in [0.15, 0.2) is 11.5 Å². The van der Waals surface area contributed by atoms with E-state index in [2.05, 4.69) is 5.32 Å². The Morgan fingerprint density at radius 2 is 1.44 bits per heavy atom. The van der Waals surface area contributed by atoms with Crippen molar-refractivity contribution in [2.45, 2.75) is 13.8 Å². The third-order valence-corrected chi connectivity index (χ3v) is 5.52. The van der Waals surface area contributed by atoms with Crippen LogP contribution in [0.5, 0.6) is 17.2 Å². The van der Waals surface area contributed by atoms with E-state index in [1.54, 1.807) is 42.5 Å². The fourth-order valence-electron chi connectivity index (χ4n) is 3.59. The van der Waals surface area contributed by atoms with Gasteiger partial charge >= 0.3 is 6.03 Å². The summed E-state index contributed by atoms with van der Waals surface area (Å²) in [7, 11) is 1.50. The number of methoxy groups -OCH3 is 1. The maximum Gasteiger partial charge on any atom is 0.335 e. The van der Waals surface area contributed by atoms with Crippen molar-refractivity contribution < 1.29 is 28.6 Å². The number of carbonyl (C=O) groups is 3. The molecule has 1 aliphatic rings. The van der Waals surface area contributed by atoms with Gasteiger partial charge in [0.2, 0.25) is 0 Å². The molecule has 0 spiro atoms. The molecule has 3 aromatic carbocycles. The molecule has 0 aliphatic carbocycles. The molecule has 1 fully saturated rings. The first kappa shape index (κ1) is 24.5. The smallest absolute Gasteiger partial charge is 0.335 e. The molecule has 0 unspecified atom stereocenters. The Morgan fingerprint density at radius 3 is 2.11 bits per heavy atom. The number of barbiturate groups is 1. The van der Waals surface area contributed by atoms with Crippen molar-refractivity contribution in [3.8, 4) is 17.2 Å². The largest absolute Gasteiger partial charge is 0.493 e. The zero-order valence-corrected chi connectivity index (χ0v) is 20.2. The number of carbonyl (C=O) groups excluding carboxylic acids is 3. The average molecular weight is 487 g/mol. The molecule has 0 atom stereocenters. The number of hydrogen-bond donors (Lipinski definition) is 1. The number of nitrogens with zero attached hydrogens (tertiary/aromatic N) is 1. The van der Waals surface area contributed by atoms with Gasteiger partial charge < -0.3 is 14.2 Å². The summed E-state index contributed by atoms with van der Waals surface area (Å²) in [4.78, 5) is 38.9. The topological polar surface area (TPSA) is 94.2 Å². The number of anilines is 1. The van der Waals surface area contributed by atoms with Gasteiger partial charge in [-0.3, -0.25) is 14.9 Å². The van der Waals surface area contributed by atoms with E-state index in [1.807, 2.05) is 38.1 Å². The van der Waals surface area contributed by atoms with Crippen LogP contribution in [0.3, 0.4) is 0 Å². The lowest BCUT2D eigenvalue weighted by atomic mass is 10.1. The van der Waals surface area contributed by atoms with Crippen molar-refractivity contribution in [1.82, 2.24) is 5.32 Å². The third-order valence-electron chi connectivity index (χ3n) is 5.52. The number of benzene rings is 3. The van der Waals surface area contributed by atoms with E-state index in [1.165, 1.54) is 13.2 Å². The Hall–Kier alpha value is -4.59. The SMILES string of the molecule is COc1cc(/C=C2\C(=O)NC(=O)N(c3ccc(C)cc3)C2=O)ccc1OCCOc1ccc(C)cc1. The first-order valence-corrected chi connectivity index (χ1v) is 11.3. The van der Waals surface area contributed by atoms with Crippen LogP contribution in [0.2, 0.25) is 0 Å². The van der Waals surface area contributed by atoms with E-state index < -0.39 is 17.8 Å². The Morgan fingerprint density at radius 1 is 0.806 bits per heavy atom. The first-order chi connectivity index (χ1) is 17.4. The van der Waals surface area contributed by atoms with E-state index in [0.29, 0.717) is 36.0 Å².